The third kappa shape index (κ3) is 4.41. The molecule has 0 aliphatic rings. The first-order valence-corrected chi connectivity index (χ1v) is 10.5. The van der Waals surface area contributed by atoms with Crippen LogP contribution >= 0.6 is 11.3 Å². The van der Waals surface area contributed by atoms with Crippen molar-refractivity contribution in [2.24, 2.45) is 0 Å². The van der Waals surface area contributed by atoms with Crippen molar-refractivity contribution < 1.29 is 18.3 Å². The standard InChI is InChI=1S/C19H18N2O4S2/c1-13(14-5-3-2-4-6-14)18(19(22)23)21-27(24,25)17-8-7-16(26-17)15-9-11-20-12-10-15/h2-13,18,21H,1H3,(H,22,23). The highest BCUT2D eigenvalue weighted by atomic mass is 32.2. The van der Waals surface area contributed by atoms with Gasteiger partial charge in [-0.25, -0.2) is 8.42 Å². The summed E-state index contributed by atoms with van der Waals surface area (Å²) in [5, 5.41) is 9.57. The molecule has 140 valence electrons. The Balaban J connectivity index is 1.86. The SMILES string of the molecule is CC(c1ccccc1)C(NS(=O)(=O)c1ccc(-c2ccncc2)s1)C(=O)O. The van der Waals surface area contributed by atoms with Crippen LogP contribution in [-0.4, -0.2) is 30.5 Å². The maximum absolute atomic E-state index is 12.8. The van der Waals surface area contributed by atoms with Gasteiger partial charge < -0.3 is 5.11 Å². The predicted molar refractivity (Wildman–Crippen MR) is 104 cm³/mol. The molecule has 27 heavy (non-hydrogen) atoms. The third-order valence-corrected chi connectivity index (χ3v) is 7.25. The molecule has 2 N–H and O–H groups in total. The van der Waals surface area contributed by atoms with Gasteiger partial charge in [0.05, 0.1) is 0 Å². The van der Waals surface area contributed by atoms with Gasteiger partial charge >= 0.3 is 5.97 Å². The van der Waals surface area contributed by atoms with Gasteiger partial charge in [0.1, 0.15) is 10.3 Å². The largest absolute Gasteiger partial charge is 0.480 e. The topological polar surface area (TPSA) is 96.4 Å². The highest BCUT2D eigenvalue weighted by Gasteiger charge is 2.31. The summed E-state index contributed by atoms with van der Waals surface area (Å²) >= 11 is 1.08. The molecule has 2 atom stereocenters. The molecule has 0 bridgehead atoms. The number of carbonyl (C=O) groups is 1. The molecule has 2 unspecified atom stereocenters. The van der Waals surface area contributed by atoms with E-state index < -0.39 is 28.0 Å². The van der Waals surface area contributed by atoms with Gasteiger partial charge in [0.2, 0.25) is 0 Å². The lowest BCUT2D eigenvalue weighted by molar-refractivity contribution is -0.139. The van der Waals surface area contributed by atoms with Gasteiger partial charge in [-0.15, -0.1) is 11.3 Å². The Hall–Kier alpha value is -2.55. The van der Waals surface area contributed by atoms with Crippen LogP contribution in [0.5, 0.6) is 0 Å². The Bertz CT molecular complexity index is 1020. The first-order chi connectivity index (χ1) is 12.9. The van der Waals surface area contributed by atoms with Crippen LogP contribution in [-0.2, 0) is 14.8 Å². The van der Waals surface area contributed by atoms with Crippen LogP contribution in [0.15, 0.2) is 71.2 Å². The van der Waals surface area contributed by atoms with Gasteiger partial charge in [0.15, 0.2) is 0 Å². The number of aromatic nitrogens is 1. The van der Waals surface area contributed by atoms with Gasteiger partial charge in [-0.05, 0) is 35.4 Å². The number of nitrogens with zero attached hydrogens (tertiary/aromatic N) is 1. The molecule has 0 amide bonds. The number of nitrogens with one attached hydrogen (secondary N) is 1. The van der Waals surface area contributed by atoms with E-state index in [0.717, 1.165) is 27.3 Å². The number of pyridine rings is 1. The molecule has 0 fully saturated rings. The molecule has 0 aliphatic carbocycles. The van der Waals surface area contributed by atoms with E-state index in [2.05, 4.69) is 9.71 Å². The number of rotatable bonds is 7. The summed E-state index contributed by atoms with van der Waals surface area (Å²) < 4.78 is 27.9. The minimum Gasteiger partial charge on any atom is -0.480 e. The van der Waals surface area contributed by atoms with Crippen molar-refractivity contribution in [1.82, 2.24) is 9.71 Å². The van der Waals surface area contributed by atoms with Gasteiger partial charge in [0, 0.05) is 23.2 Å². The molecule has 3 aromatic rings. The minimum atomic E-state index is -3.97. The fourth-order valence-electron chi connectivity index (χ4n) is 2.68. The van der Waals surface area contributed by atoms with E-state index in [0.29, 0.717) is 0 Å². The van der Waals surface area contributed by atoms with Crippen molar-refractivity contribution in [2.45, 2.75) is 23.1 Å². The molecule has 0 aliphatic heterocycles. The Morgan fingerprint density at radius 3 is 2.37 bits per heavy atom. The zero-order chi connectivity index (χ0) is 19.4. The number of carboxylic acids is 1. The van der Waals surface area contributed by atoms with Crippen LogP contribution in [0.3, 0.4) is 0 Å². The zero-order valence-corrected chi connectivity index (χ0v) is 16.1. The van der Waals surface area contributed by atoms with E-state index in [9.17, 15) is 18.3 Å². The Morgan fingerprint density at radius 2 is 1.74 bits per heavy atom. The summed E-state index contributed by atoms with van der Waals surface area (Å²) in [6, 6.07) is 14.4. The molecule has 2 heterocycles. The molecule has 8 heteroatoms. The Kier molecular flexibility index (Phi) is 5.69. The maximum atomic E-state index is 12.8. The number of aliphatic carboxylic acids is 1. The predicted octanol–water partition coefficient (Wildman–Crippen LogP) is 3.35. The maximum Gasteiger partial charge on any atom is 0.322 e. The second-order valence-corrected chi connectivity index (χ2v) is 9.02. The quantitative estimate of drug-likeness (QED) is 0.632. The van der Waals surface area contributed by atoms with E-state index in [1.54, 1.807) is 61.8 Å². The van der Waals surface area contributed by atoms with Gasteiger partial charge in [-0.1, -0.05) is 37.3 Å². The van der Waals surface area contributed by atoms with Crippen LogP contribution in [0.4, 0.5) is 0 Å². The van der Waals surface area contributed by atoms with E-state index in [4.69, 9.17) is 0 Å². The van der Waals surface area contributed by atoms with E-state index in [-0.39, 0.29) is 4.21 Å². The van der Waals surface area contributed by atoms with Crippen molar-refractivity contribution in [1.29, 1.82) is 0 Å². The van der Waals surface area contributed by atoms with Crippen LogP contribution in [0.1, 0.15) is 18.4 Å². The summed E-state index contributed by atoms with van der Waals surface area (Å²) in [6.45, 7) is 1.69. The molecule has 3 rings (SSSR count). The number of hydrogen-bond donors (Lipinski definition) is 2. The molecular formula is C19H18N2O4S2. The average molecular weight is 402 g/mol. The monoisotopic (exact) mass is 402 g/mol. The van der Waals surface area contributed by atoms with Crippen molar-refractivity contribution in [3.63, 3.8) is 0 Å². The normalized spacial score (nSPS) is 13.8. The highest BCUT2D eigenvalue weighted by molar-refractivity contribution is 7.91. The molecule has 0 spiro atoms. The average Bonchev–Trinajstić information content (AvgIpc) is 3.18. The minimum absolute atomic E-state index is 0.0702. The summed E-state index contributed by atoms with van der Waals surface area (Å²) in [5.74, 6) is -1.75. The smallest absolute Gasteiger partial charge is 0.322 e. The van der Waals surface area contributed by atoms with Crippen molar-refractivity contribution >= 4 is 27.3 Å². The third-order valence-electron chi connectivity index (χ3n) is 4.18. The molecular weight excluding hydrogens is 384 g/mol. The molecule has 1 aromatic carbocycles. The molecule has 6 nitrogen and oxygen atoms in total. The number of thiophene rings is 1. The van der Waals surface area contributed by atoms with E-state index in [1.807, 2.05) is 6.07 Å². The Labute approximate surface area is 161 Å². The lowest BCUT2D eigenvalue weighted by Gasteiger charge is -2.21. The summed E-state index contributed by atoms with van der Waals surface area (Å²) in [7, 11) is -3.97. The zero-order valence-electron chi connectivity index (χ0n) is 14.4. The van der Waals surface area contributed by atoms with Crippen molar-refractivity contribution in [2.75, 3.05) is 0 Å². The second-order valence-electron chi connectivity index (χ2n) is 5.99. The summed E-state index contributed by atoms with van der Waals surface area (Å²) in [4.78, 5) is 16.4. The molecule has 0 saturated heterocycles. The van der Waals surface area contributed by atoms with Crippen LogP contribution < -0.4 is 4.72 Å². The van der Waals surface area contributed by atoms with Crippen molar-refractivity contribution in [3.8, 4) is 10.4 Å². The lowest BCUT2D eigenvalue weighted by atomic mass is 9.94. The van der Waals surface area contributed by atoms with E-state index in [1.165, 1.54) is 6.07 Å². The first-order valence-electron chi connectivity index (χ1n) is 8.19. The van der Waals surface area contributed by atoms with Gasteiger partial charge in [-0.2, -0.15) is 4.72 Å². The highest BCUT2D eigenvalue weighted by Crippen LogP contribution is 2.31. The number of benzene rings is 1. The van der Waals surface area contributed by atoms with Crippen molar-refractivity contribution in [3.05, 3.63) is 72.6 Å². The first kappa shape index (κ1) is 19.2. The van der Waals surface area contributed by atoms with Gasteiger partial charge in [0.25, 0.3) is 10.0 Å². The Morgan fingerprint density at radius 1 is 1.07 bits per heavy atom. The fraction of sp³-hybridized carbons (Fsp3) is 0.158. The van der Waals surface area contributed by atoms with Crippen LogP contribution in [0.2, 0.25) is 0 Å². The van der Waals surface area contributed by atoms with E-state index >= 15 is 0 Å². The number of hydrogen-bond acceptors (Lipinski definition) is 5. The summed E-state index contributed by atoms with van der Waals surface area (Å²) in [6.07, 6.45) is 3.26. The molecule has 0 saturated carbocycles. The molecule has 2 aromatic heterocycles. The lowest BCUT2D eigenvalue weighted by Crippen LogP contribution is -2.43. The second kappa shape index (κ2) is 7.99. The van der Waals surface area contributed by atoms with Crippen LogP contribution in [0, 0.1) is 0 Å². The number of carboxylic acid groups (broad SMARTS) is 1. The fourth-order valence-corrected chi connectivity index (χ4v) is 5.27. The summed E-state index contributed by atoms with van der Waals surface area (Å²) in [5.41, 5.74) is 1.60. The molecule has 0 radical (unpaired) electrons. The number of sulfonamides is 1. The van der Waals surface area contributed by atoms with Crippen LogP contribution in [0.25, 0.3) is 10.4 Å². The van der Waals surface area contributed by atoms with Gasteiger partial charge in [-0.3, -0.25) is 9.78 Å².